The highest BCUT2D eigenvalue weighted by Gasteiger charge is 1.95. The van der Waals surface area contributed by atoms with Crippen LogP contribution in [0, 0.1) is 0 Å². The number of rotatable bonds is 5. The fraction of sp³-hybridized carbons (Fsp3) is 1.00. The molecule has 0 aromatic rings. The van der Waals surface area contributed by atoms with Crippen LogP contribution < -0.4 is 0 Å². The highest BCUT2D eigenvalue weighted by atomic mass is 16.5. The Morgan fingerprint density at radius 2 is 1.80 bits per heavy atom. The van der Waals surface area contributed by atoms with E-state index in [1.54, 1.807) is 0 Å². The van der Waals surface area contributed by atoms with E-state index in [-0.39, 0.29) is 0 Å². The van der Waals surface area contributed by atoms with Gasteiger partial charge in [0.2, 0.25) is 0 Å². The van der Waals surface area contributed by atoms with Gasteiger partial charge in [-0.25, -0.2) is 0 Å². The van der Waals surface area contributed by atoms with E-state index in [1.807, 2.05) is 21.0 Å². The van der Waals surface area contributed by atoms with Gasteiger partial charge in [0.15, 0.2) is 0 Å². The summed E-state index contributed by atoms with van der Waals surface area (Å²) in [5, 5.41) is 10.3. The normalized spacial score (nSPS) is 11.4. The molecule has 1 N–H and O–H groups in total. The summed E-state index contributed by atoms with van der Waals surface area (Å²) in [5.41, 5.74) is 0. The summed E-state index contributed by atoms with van der Waals surface area (Å²) < 4.78 is 0. The van der Waals surface area contributed by atoms with Crippen molar-refractivity contribution in [3.63, 3.8) is 0 Å². The quantitative estimate of drug-likeness (QED) is 0.577. The molecule has 10 heavy (non-hydrogen) atoms. The molecule has 0 rings (SSSR count). The van der Waals surface area contributed by atoms with Gasteiger partial charge in [-0.05, 0) is 27.1 Å². The van der Waals surface area contributed by atoms with Crippen LogP contribution in [-0.4, -0.2) is 48.9 Å². The molecule has 0 unspecified atom stereocenters. The van der Waals surface area contributed by atoms with E-state index in [0.717, 1.165) is 19.5 Å². The summed E-state index contributed by atoms with van der Waals surface area (Å²) in [5.74, 6) is 0. The molecule has 0 atom stereocenters. The molecule has 3 nitrogen and oxygen atoms in total. The predicted octanol–water partition coefficient (Wildman–Crippen LogP) is 0.649. The zero-order valence-corrected chi connectivity index (χ0v) is 7.17. The first-order chi connectivity index (χ1) is 4.66. The highest BCUT2D eigenvalue weighted by Crippen LogP contribution is 1.87. The Morgan fingerprint density at radius 1 is 1.20 bits per heavy atom. The first-order valence-electron chi connectivity index (χ1n) is 3.75. The monoisotopic (exact) mass is 146 g/mol. The summed E-state index contributed by atoms with van der Waals surface area (Å²) in [4.78, 5) is 2.11. The number of nitrogens with zero attached hydrogens (tertiary/aromatic N) is 2. The lowest BCUT2D eigenvalue weighted by molar-refractivity contribution is -0.0873. The second-order valence-corrected chi connectivity index (χ2v) is 2.70. The minimum Gasteiger partial charge on any atom is -0.314 e. The van der Waals surface area contributed by atoms with Crippen molar-refractivity contribution in [3.05, 3.63) is 0 Å². The molecule has 0 aliphatic carbocycles. The largest absolute Gasteiger partial charge is 0.314 e. The van der Waals surface area contributed by atoms with Gasteiger partial charge >= 0.3 is 0 Å². The van der Waals surface area contributed by atoms with E-state index < -0.39 is 0 Å². The van der Waals surface area contributed by atoms with Crippen molar-refractivity contribution >= 4 is 0 Å². The summed E-state index contributed by atoms with van der Waals surface area (Å²) in [6, 6.07) is 0. The maximum Gasteiger partial charge on any atom is 0.0250 e. The molecule has 0 heterocycles. The fourth-order valence-corrected chi connectivity index (χ4v) is 0.728. The van der Waals surface area contributed by atoms with Crippen LogP contribution in [0.1, 0.15) is 13.3 Å². The van der Waals surface area contributed by atoms with E-state index in [0.29, 0.717) is 6.54 Å². The van der Waals surface area contributed by atoms with Crippen LogP contribution in [0.15, 0.2) is 0 Å². The second kappa shape index (κ2) is 5.65. The van der Waals surface area contributed by atoms with Crippen LogP contribution in [0.5, 0.6) is 0 Å². The van der Waals surface area contributed by atoms with Gasteiger partial charge in [-0.1, -0.05) is 6.92 Å². The molecular weight excluding hydrogens is 128 g/mol. The van der Waals surface area contributed by atoms with Crippen LogP contribution in [0.3, 0.4) is 0 Å². The third-order valence-electron chi connectivity index (χ3n) is 1.39. The molecule has 0 spiro atoms. The van der Waals surface area contributed by atoms with Crippen molar-refractivity contribution in [1.29, 1.82) is 0 Å². The van der Waals surface area contributed by atoms with Gasteiger partial charge < -0.3 is 10.1 Å². The number of hydrogen-bond acceptors (Lipinski definition) is 3. The molecule has 0 radical (unpaired) electrons. The van der Waals surface area contributed by atoms with E-state index in [2.05, 4.69) is 4.90 Å². The Hall–Kier alpha value is -0.120. The van der Waals surface area contributed by atoms with E-state index >= 15 is 0 Å². The van der Waals surface area contributed by atoms with Crippen molar-refractivity contribution < 1.29 is 5.21 Å². The molecule has 0 aliphatic heterocycles. The van der Waals surface area contributed by atoms with Crippen LogP contribution in [-0.2, 0) is 0 Å². The third-order valence-corrected chi connectivity index (χ3v) is 1.39. The maximum atomic E-state index is 8.99. The first-order valence-corrected chi connectivity index (χ1v) is 3.75. The lowest BCUT2D eigenvalue weighted by Crippen LogP contribution is -2.23. The van der Waals surface area contributed by atoms with E-state index in [1.165, 1.54) is 5.06 Å². The smallest absolute Gasteiger partial charge is 0.0250 e. The number of hydroxylamine groups is 2. The minimum absolute atomic E-state index is 0.716. The molecule has 0 aromatic carbocycles. The lowest BCUT2D eigenvalue weighted by Gasteiger charge is -2.13. The third kappa shape index (κ3) is 6.01. The number of hydrogen-bond donors (Lipinski definition) is 1. The first kappa shape index (κ1) is 9.88. The Labute approximate surface area is 63.2 Å². The van der Waals surface area contributed by atoms with Crippen molar-refractivity contribution in [2.24, 2.45) is 0 Å². The molecule has 62 valence electrons. The topological polar surface area (TPSA) is 26.7 Å². The van der Waals surface area contributed by atoms with Gasteiger partial charge in [-0.15, -0.1) is 0 Å². The average molecular weight is 146 g/mol. The Morgan fingerprint density at radius 3 is 2.20 bits per heavy atom. The van der Waals surface area contributed by atoms with Crippen molar-refractivity contribution in [3.8, 4) is 0 Å². The summed E-state index contributed by atoms with van der Waals surface area (Å²) >= 11 is 0. The SMILES string of the molecule is CCN(O)CCCN(C)C. The Kier molecular flexibility index (Phi) is 5.58. The van der Waals surface area contributed by atoms with Crippen LogP contribution >= 0.6 is 0 Å². The molecule has 0 amide bonds. The van der Waals surface area contributed by atoms with Crippen LogP contribution in [0.25, 0.3) is 0 Å². The van der Waals surface area contributed by atoms with Crippen LogP contribution in [0.2, 0.25) is 0 Å². The molecular formula is C7H18N2O. The van der Waals surface area contributed by atoms with Crippen LogP contribution in [0.4, 0.5) is 0 Å². The van der Waals surface area contributed by atoms with Gasteiger partial charge in [0.05, 0.1) is 0 Å². The van der Waals surface area contributed by atoms with Crippen molar-refractivity contribution in [1.82, 2.24) is 9.96 Å². The van der Waals surface area contributed by atoms with Gasteiger partial charge in [-0.2, -0.15) is 5.06 Å². The van der Waals surface area contributed by atoms with Gasteiger partial charge in [0.1, 0.15) is 0 Å². The molecule has 0 fully saturated rings. The van der Waals surface area contributed by atoms with E-state index in [4.69, 9.17) is 5.21 Å². The van der Waals surface area contributed by atoms with Gasteiger partial charge in [0, 0.05) is 13.1 Å². The Balaban J connectivity index is 3.03. The maximum absolute atomic E-state index is 8.99. The van der Waals surface area contributed by atoms with Crippen molar-refractivity contribution in [2.75, 3.05) is 33.7 Å². The molecule has 0 aromatic heterocycles. The molecule has 0 aliphatic rings. The summed E-state index contributed by atoms with van der Waals surface area (Å²) in [7, 11) is 4.07. The van der Waals surface area contributed by atoms with E-state index in [9.17, 15) is 0 Å². The summed E-state index contributed by atoms with van der Waals surface area (Å²) in [6.07, 6.45) is 1.03. The fourth-order valence-electron chi connectivity index (χ4n) is 0.728. The standard InChI is InChI=1S/C7H18N2O/c1-4-9(10)7-5-6-8(2)3/h10H,4-7H2,1-3H3. The summed E-state index contributed by atoms with van der Waals surface area (Å²) in [6.45, 7) is 4.47. The highest BCUT2D eigenvalue weighted by molar-refractivity contribution is 4.46. The van der Waals surface area contributed by atoms with Crippen molar-refractivity contribution in [2.45, 2.75) is 13.3 Å². The minimum atomic E-state index is 0.716. The van der Waals surface area contributed by atoms with Gasteiger partial charge in [0.25, 0.3) is 0 Å². The molecule has 0 bridgehead atoms. The van der Waals surface area contributed by atoms with Gasteiger partial charge in [-0.3, -0.25) is 0 Å². The zero-order valence-electron chi connectivity index (χ0n) is 7.17. The molecule has 0 saturated carbocycles. The zero-order chi connectivity index (χ0) is 7.98. The predicted molar refractivity (Wildman–Crippen MR) is 42.2 cm³/mol. The molecule has 0 saturated heterocycles. The molecule has 3 heteroatoms. The Bertz CT molecular complexity index is 76.0. The lowest BCUT2D eigenvalue weighted by atomic mass is 10.4. The second-order valence-electron chi connectivity index (χ2n) is 2.70. The average Bonchev–Trinajstić information content (AvgIpc) is 1.87.